The Morgan fingerprint density at radius 3 is 2.82 bits per heavy atom. The van der Waals surface area contributed by atoms with Gasteiger partial charge in [0.05, 0.1) is 0 Å². The molecule has 0 unspecified atom stereocenters. The second kappa shape index (κ2) is 7.48. The molecule has 112 valence electrons. The van der Waals surface area contributed by atoms with E-state index in [2.05, 4.69) is 21.6 Å². The Hall–Kier alpha value is -2.52. The van der Waals surface area contributed by atoms with Crippen LogP contribution in [-0.4, -0.2) is 21.9 Å². The summed E-state index contributed by atoms with van der Waals surface area (Å²) in [6.45, 7) is 3.98. The number of aryl methyl sites for hydroxylation is 1. The van der Waals surface area contributed by atoms with E-state index in [4.69, 9.17) is 5.26 Å². The van der Waals surface area contributed by atoms with E-state index in [-0.39, 0.29) is 5.91 Å². The van der Waals surface area contributed by atoms with Crippen molar-refractivity contribution >= 4 is 29.6 Å². The van der Waals surface area contributed by atoms with Crippen LogP contribution in [0.5, 0.6) is 0 Å². The molecule has 0 radical (unpaired) electrons. The zero-order valence-corrected chi connectivity index (χ0v) is 13.2. The molecule has 0 fully saturated rings. The first-order chi connectivity index (χ1) is 10.6. The number of aromatic nitrogens is 2. The van der Waals surface area contributed by atoms with Gasteiger partial charge in [-0.15, -0.1) is 11.8 Å². The van der Waals surface area contributed by atoms with E-state index in [1.165, 1.54) is 23.4 Å². The van der Waals surface area contributed by atoms with Crippen molar-refractivity contribution < 1.29 is 4.79 Å². The van der Waals surface area contributed by atoms with Crippen LogP contribution in [0.3, 0.4) is 0 Å². The van der Waals surface area contributed by atoms with Gasteiger partial charge in [-0.05, 0) is 24.3 Å². The minimum Gasteiger partial charge on any atom is -0.306 e. The van der Waals surface area contributed by atoms with Crippen molar-refractivity contribution in [3.05, 3.63) is 47.0 Å². The summed E-state index contributed by atoms with van der Waals surface area (Å²) in [5.41, 5.74) is 2.47. The number of anilines is 1. The van der Waals surface area contributed by atoms with Crippen LogP contribution in [0.1, 0.15) is 23.6 Å². The van der Waals surface area contributed by atoms with Gasteiger partial charge in [-0.1, -0.05) is 36.8 Å². The highest BCUT2D eigenvalue weighted by molar-refractivity contribution is 7.99. The van der Waals surface area contributed by atoms with Gasteiger partial charge in [-0.2, -0.15) is 10.4 Å². The predicted octanol–water partition coefficient (Wildman–Crippen LogP) is 3.35. The third kappa shape index (κ3) is 3.99. The van der Waals surface area contributed by atoms with Gasteiger partial charge in [0.2, 0.25) is 5.91 Å². The summed E-state index contributed by atoms with van der Waals surface area (Å²) in [6.07, 6.45) is 3.15. The topological polar surface area (TPSA) is 81.6 Å². The number of aromatic amines is 1. The fourth-order valence-corrected chi connectivity index (χ4v) is 2.45. The van der Waals surface area contributed by atoms with Crippen molar-refractivity contribution in [3.63, 3.8) is 0 Å². The number of nitrogens with one attached hydrogen (secondary N) is 2. The molecule has 0 aliphatic carbocycles. The summed E-state index contributed by atoms with van der Waals surface area (Å²) >= 11 is 1.45. The van der Waals surface area contributed by atoms with Crippen LogP contribution in [0.4, 0.5) is 5.82 Å². The standard InChI is InChI=1S/C16H16N4OS/c1-3-22-16-13(10-17)15(19-20-16)18-14(21)9-8-12-6-4-11(2)5-7-12/h4-9H,3H2,1-2H3,(H2,18,19,20,21)/b9-8+. The molecule has 0 bridgehead atoms. The van der Waals surface area contributed by atoms with Gasteiger partial charge in [0.15, 0.2) is 0 Å². The Labute approximate surface area is 133 Å². The van der Waals surface area contributed by atoms with E-state index in [9.17, 15) is 4.79 Å². The number of nitriles is 1. The van der Waals surface area contributed by atoms with Crippen molar-refractivity contribution in [2.75, 3.05) is 11.1 Å². The molecule has 0 saturated carbocycles. The molecule has 0 aliphatic rings. The first-order valence-electron chi connectivity index (χ1n) is 6.81. The lowest BCUT2D eigenvalue weighted by Gasteiger charge is -1.99. The molecule has 22 heavy (non-hydrogen) atoms. The number of hydrogen-bond acceptors (Lipinski definition) is 4. The van der Waals surface area contributed by atoms with Gasteiger partial charge in [-0.25, -0.2) is 0 Å². The SMILES string of the molecule is CCSc1n[nH]c(NC(=O)/C=C/c2ccc(C)cc2)c1C#N. The summed E-state index contributed by atoms with van der Waals surface area (Å²) in [5.74, 6) is 0.825. The number of benzene rings is 1. The van der Waals surface area contributed by atoms with Gasteiger partial charge in [0.25, 0.3) is 0 Å². The van der Waals surface area contributed by atoms with Gasteiger partial charge < -0.3 is 5.32 Å². The minimum atomic E-state index is -0.311. The largest absolute Gasteiger partial charge is 0.306 e. The predicted molar refractivity (Wildman–Crippen MR) is 88.5 cm³/mol. The van der Waals surface area contributed by atoms with Crippen LogP contribution in [0.15, 0.2) is 35.4 Å². The first kappa shape index (κ1) is 15.9. The first-order valence-corrected chi connectivity index (χ1v) is 7.79. The normalized spacial score (nSPS) is 10.6. The molecule has 1 amide bonds. The van der Waals surface area contributed by atoms with E-state index < -0.39 is 0 Å². The molecule has 0 saturated heterocycles. The van der Waals surface area contributed by atoms with E-state index in [1.54, 1.807) is 6.08 Å². The molecular weight excluding hydrogens is 296 g/mol. The maximum Gasteiger partial charge on any atom is 0.249 e. The van der Waals surface area contributed by atoms with Crippen molar-refractivity contribution in [2.45, 2.75) is 18.9 Å². The molecular formula is C16H16N4OS. The number of thioether (sulfide) groups is 1. The Morgan fingerprint density at radius 2 is 2.18 bits per heavy atom. The Bertz CT molecular complexity index is 726. The zero-order valence-electron chi connectivity index (χ0n) is 12.4. The average Bonchev–Trinajstić information content (AvgIpc) is 2.89. The molecule has 0 spiro atoms. The highest BCUT2D eigenvalue weighted by Crippen LogP contribution is 2.24. The average molecular weight is 312 g/mol. The quantitative estimate of drug-likeness (QED) is 0.655. The highest BCUT2D eigenvalue weighted by atomic mass is 32.2. The highest BCUT2D eigenvalue weighted by Gasteiger charge is 2.13. The second-order valence-electron chi connectivity index (χ2n) is 4.56. The number of rotatable bonds is 5. The lowest BCUT2D eigenvalue weighted by molar-refractivity contribution is -0.111. The van der Waals surface area contributed by atoms with E-state index >= 15 is 0 Å². The Kier molecular flexibility index (Phi) is 5.39. The Balaban J connectivity index is 2.06. The van der Waals surface area contributed by atoms with E-state index in [0.29, 0.717) is 16.4 Å². The van der Waals surface area contributed by atoms with Crippen LogP contribution in [0.2, 0.25) is 0 Å². The van der Waals surface area contributed by atoms with Gasteiger partial charge in [0.1, 0.15) is 22.5 Å². The van der Waals surface area contributed by atoms with Crippen LogP contribution >= 0.6 is 11.8 Å². The number of H-pyrrole nitrogens is 1. The van der Waals surface area contributed by atoms with Crippen molar-refractivity contribution in [1.82, 2.24) is 10.2 Å². The number of carbonyl (C=O) groups is 1. The zero-order chi connectivity index (χ0) is 15.9. The summed E-state index contributed by atoms with van der Waals surface area (Å²) < 4.78 is 0. The van der Waals surface area contributed by atoms with Crippen molar-refractivity contribution in [1.29, 1.82) is 5.26 Å². The molecule has 2 N–H and O–H groups in total. The smallest absolute Gasteiger partial charge is 0.249 e. The molecule has 2 rings (SSSR count). The number of hydrogen-bond donors (Lipinski definition) is 2. The minimum absolute atomic E-state index is 0.311. The molecule has 0 aliphatic heterocycles. The summed E-state index contributed by atoms with van der Waals surface area (Å²) in [6, 6.07) is 9.90. The van der Waals surface area contributed by atoms with Gasteiger partial charge >= 0.3 is 0 Å². The van der Waals surface area contributed by atoms with Crippen molar-refractivity contribution in [2.24, 2.45) is 0 Å². The molecule has 0 atom stereocenters. The molecule has 1 aromatic carbocycles. The number of carbonyl (C=O) groups excluding carboxylic acids is 1. The van der Waals surface area contributed by atoms with Crippen LogP contribution in [-0.2, 0) is 4.79 Å². The molecule has 1 aromatic heterocycles. The fraction of sp³-hybridized carbons (Fsp3) is 0.188. The molecule has 2 aromatic rings. The summed E-state index contributed by atoms with van der Waals surface area (Å²) in [5, 5.41) is 19.1. The van der Waals surface area contributed by atoms with Crippen LogP contribution < -0.4 is 5.32 Å². The lowest BCUT2D eigenvalue weighted by Crippen LogP contribution is -2.09. The maximum absolute atomic E-state index is 11.9. The molecule has 6 heteroatoms. The third-order valence-electron chi connectivity index (χ3n) is 2.88. The van der Waals surface area contributed by atoms with Crippen LogP contribution in [0.25, 0.3) is 6.08 Å². The number of amides is 1. The molecule has 5 nitrogen and oxygen atoms in total. The number of nitrogens with zero attached hydrogens (tertiary/aromatic N) is 2. The fourth-order valence-electron chi connectivity index (χ4n) is 1.78. The summed E-state index contributed by atoms with van der Waals surface area (Å²) in [7, 11) is 0. The van der Waals surface area contributed by atoms with Crippen LogP contribution in [0, 0.1) is 18.3 Å². The second-order valence-corrected chi connectivity index (χ2v) is 5.81. The van der Waals surface area contributed by atoms with Crippen molar-refractivity contribution in [3.8, 4) is 6.07 Å². The van der Waals surface area contributed by atoms with Gasteiger partial charge in [-0.3, -0.25) is 9.89 Å². The maximum atomic E-state index is 11.9. The Morgan fingerprint density at radius 1 is 1.45 bits per heavy atom. The van der Waals surface area contributed by atoms with E-state index in [1.807, 2.05) is 38.1 Å². The van der Waals surface area contributed by atoms with Gasteiger partial charge in [0, 0.05) is 6.08 Å². The lowest BCUT2D eigenvalue weighted by atomic mass is 10.1. The van der Waals surface area contributed by atoms with E-state index in [0.717, 1.165) is 11.3 Å². The molecule has 1 heterocycles. The monoisotopic (exact) mass is 312 g/mol. The summed E-state index contributed by atoms with van der Waals surface area (Å²) in [4.78, 5) is 11.9. The third-order valence-corrected chi connectivity index (χ3v) is 3.74.